The average Bonchev–Trinajstić information content (AvgIpc) is 2.69. The molecule has 2 aromatic rings. The number of nitrogens with zero attached hydrogens (tertiary/aromatic N) is 1. The summed E-state index contributed by atoms with van der Waals surface area (Å²) < 4.78 is 0. The number of aromatic carboxylic acids is 1. The molecule has 0 radical (unpaired) electrons. The zero-order chi connectivity index (χ0) is 20.6. The number of nitrogens with one attached hydrogen (secondary N) is 2. The molecule has 2 amide bonds. The molecule has 0 unspecified atom stereocenters. The molecule has 7 nitrogen and oxygen atoms in total. The van der Waals surface area contributed by atoms with Gasteiger partial charge in [-0.1, -0.05) is 30.7 Å². The van der Waals surface area contributed by atoms with E-state index in [0.29, 0.717) is 23.5 Å². The third kappa shape index (κ3) is 6.15. The van der Waals surface area contributed by atoms with Crippen molar-refractivity contribution < 1.29 is 19.5 Å². The van der Waals surface area contributed by atoms with Crippen LogP contribution in [0, 0.1) is 0 Å². The molecule has 152 valence electrons. The average molecular weight is 395 g/mol. The number of hydrogen-bond acceptors (Lipinski definition) is 4. The number of amides is 2. The normalized spacial score (nSPS) is 14.2. The molecule has 3 N–H and O–H groups in total. The van der Waals surface area contributed by atoms with Gasteiger partial charge in [-0.2, -0.15) is 0 Å². The van der Waals surface area contributed by atoms with Gasteiger partial charge in [-0.05, 0) is 55.8 Å². The molecule has 1 saturated heterocycles. The molecule has 0 atom stereocenters. The van der Waals surface area contributed by atoms with Gasteiger partial charge in [0.15, 0.2) is 0 Å². The lowest BCUT2D eigenvalue weighted by atomic mass is 10.0. The summed E-state index contributed by atoms with van der Waals surface area (Å²) in [6.07, 6.45) is 3.42. The van der Waals surface area contributed by atoms with Crippen LogP contribution in [-0.4, -0.2) is 47.4 Å². The van der Waals surface area contributed by atoms with E-state index >= 15 is 0 Å². The Bertz CT molecular complexity index is 891. The molecule has 29 heavy (non-hydrogen) atoms. The Hall–Kier alpha value is -3.19. The van der Waals surface area contributed by atoms with Gasteiger partial charge in [-0.25, -0.2) is 4.79 Å². The van der Waals surface area contributed by atoms with Crippen LogP contribution in [0.1, 0.15) is 35.2 Å². The molecule has 0 spiro atoms. The molecule has 1 heterocycles. The largest absolute Gasteiger partial charge is 0.478 e. The van der Waals surface area contributed by atoms with Crippen LogP contribution in [0.4, 0.5) is 11.4 Å². The van der Waals surface area contributed by atoms with Crippen LogP contribution in [0.3, 0.4) is 0 Å². The molecule has 0 aromatic heterocycles. The maximum atomic E-state index is 12.4. The fourth-order valence-corrected chi connectivity index (χ4v) is 3.46. The number of likely N-dealkylation sites (tertiary alicyclic amines) is 1. The van der Waals surface area contributed by atoms with Gasteiger partial charge < -0.3 is 15.7 Å². The molecule has 0 saturated carbocycles. The van der Waals surface area contributed by atoms with E-state index in [1.807, 2.05) is 0 Å². The lowest BCUT2D eigenvalue weighted by Crippen LogP contribution is -2.36. The van der Waals surface area contributed by atoms with Gasteiger partial charge in [-0.3, -0.25) is 14.5 Å². The third-order valence-corrected chi connectivity index (χ3v) is 4.84. The van der Waals surface area contributed by atoms with E-state index in [2.05, 4.69) is 15.5 Å². The highest BCUT2D eigenvalue weighted by Crippen LogP contribution is 2.17. The van der Waals surface area contributed by atoms with Crippen molar-refractivity contribution in [2.45, 2.75) is 25.7 Å². The second-order valence-electron chi connectivity index (χ2n) is 7.15. The van der Waals surface area contributed by atoms with Gasteiger partial charge in [0.05, 0.1) is 18.5 Å². The Morgan fingerprint density at radius 2 is 1.52 bits per heavy atom. The molecule has 0 aliphatic carbocycles. The number of carbonyl (C=O) groups is 3. The van der Waals surface area contributed by atoms with Crippen molar-refractivity contribution in [3.63, 3.8) is 0 Å². The summed E-state index contributed by atoms with van der Waals surface area (Å²) in [5.74, 6) is -1.46. The zero-order valence-corrected chi connectivity index (χ0v) is 16.2. The molecule has 7 heteroatoms. The van der Waals surface area contributed by atoms with E-state index < -0.39 is 5.97 Å². The van der Waals surface area contributed by atoms with Crippen molar-refractivity contribution in [2.75, 3.05) is 30.3 Å². The highest BCUT2D eigenvalue weighted by atomic mass is 16.4. The molecular formula is C22H25N3O4. The number of carboxylic acids is 1. The molecule has 1 fully saturated rings. The highest BCUT2D eigenvalue weighted by molar-refractivity contribution is 5.97. The Labute approximate surface area is 169 Å². The maximum Gasteiger partial charge on any atom is 0.335 e. The van der Waals surface area contributed by atoms with Crippen LogP contribution in [0.2, 0.25) is 0 Å². The van der Waals surface area contributed by atoms with E-state index in [9.17, 15) is 19.5 Å². The zero-order valence-electron chi connectivity index (χ0n) is 16.2. The second kappa shape index (κ2) is 9.84. The minimum Gasteiger partial charge on any atom is -0.478 e. The predicted octanol–water partition coefficient (Wildman–Crippen LogP) is 2.99. The first-order valence-corrected chi connectivity index (χ1v) is 9.74. The van der Waals surface area contributed by atoms with Crippen LogP contribution in [0.5, 0.6) is 0 Å². The topological polar surface area (TPSA) is 98.7 Å². The van der Waals surface area contributed by atoms with Crippen molar-refractivity contribution in [3.8, 4) is 0 Å². The van der Waals surface area contributed by atoms with E-state index in [0.717, 1.165) is 25.9 Å². The smallest absolute Gasteiger partial charge is 0.335 e. The van der Waals surface area contributed by atoms with Crippen molar-refractivity contribution in [2.24, 2.45) is 0 Å². The Balaban J connectivity index is 1.57. The van der Waals surface area contributed by atoms with Gasteiger partial charge in [0, 0.05) is 11.4 Å². The number of piperidine rings is 1. The van der Waals surface area contributed by atoms with Gasteiger partial charge in [-0.15, -0.1) is 0 Å². The highest BCUT2D eigenvalue weighted by Gasteiger charge is 2.15. The van der Waals surface area contributed by atoms with Gasteiger partial charge in [0.2, 0.25) is 11.8 Å². The summed E-state index contributed by atoms with van der Waals surface area (Å²) >= 11 is 0. The molecule has 3 rings (SSSR count). The SMILES string of the molecule is O=C(Cc1ccccc1C(=O)O)Nc1cccc(NC(=O)CN2CCCCC2)c1. The van der Waals surface area contributed by atoms with E-state index in [1.165, 1.54) is 12.5 Å². The number of hydrogen-bond donors (Lipinski definition) is 3. The van der Waals surface area contributed by atoms with Gasteiger partial charge >= 0.3 is 5.97 Å². The first-order chi connectivity index (χ1) is 14.0. The Kier molecular flexibility index (Phi) is 6.97. The summed E-state index contributed by atoms with van der Waals surface area (Å²) in [7, 11) is 0. The van der Waals surface area contributed by atoms with Gasteiger partial charge in [0.25, 0.3) is 0 Å². The molecule has 1 aliphatic rings. The number of rotatable bonds is 7. The third-order valence-electron chi connectivity index (χ3n) is 4.84. The van der Waals surface area contributed by atoms with Gasteiger partial charge in [0.1, 0.15) is 0 Å². The first-order valence-electron chi connectivity index (χ1n) is 9.74. The van der Waals surface area contributed by atoms with Crippen LogP contribution >= 0.6 is 0 Å². The number of carbonyl (C=O) groups excluding carboxylic acids is 2. The molecular weight excluding hydrogens is 370 g/mol. The summed E-state index contributed by atoms with van der Waals surface area (Å²) in [5, 5.41) is 14.9. The summed E-state index contributed by atoms with van der Waals surface area (Å²) in [5.41, 5.74) is 1.71. The standard InChI is InChI=1S/C22H25N3O4/c26-20(13-16-7-2-3-10-19(16)22(28)29)23-17-8-6-9-18(14-17)24-21(27)15-25-11-4-1-5-12-25/h2-3,6-10,14H,1,4-5,11-13,15H2,(H,23,26)(H,24,27)(H,28,29). The second-order valence-corrected chi connectivity index (χ2v) is 7.15. The van der Waals surface area contributed by atoms with Crippen LogP contribution in [0.25, 0.3) is 0 Å². The van der Waals surface area contributed by atoms with Crippen LogP contribution in [-0.2, 0) is 16.0 Å². The van der Waals surface area contributed by atoms with E-state index in [4.69, 9.17) is 0 Å². The maximum absolute atomic E-state index is 12.4. The van der Waals surface area contributed by atoms with E-state index in [1.54, 1.807) is 42.5 Å². The summed E-state index contributed by atoms with van der Waals surface area (Å²) in [4.78, 5) is 38.0. The van der Waals surface area contributed by atoms with Crippen molar-refractivity contribution in [1.82, 2.24) is 4.90 Å². The summed E-state index contributed by atoms with van der Waals surface area (Å²) in [6, 6.07) is 13.4. The number of anilines is 2. The monoisotopic (exact) mass is 395 g/mol. The quantitative estimate of drug-likeness (QED) is 0.669. The fourth-order valence-electron chi connectivity index (χ4n) is 3.46. The lowest BCUT2D eigenvalue weighted by molar-refractivity contribution is -0.117. The van der Waals surface area contributed by atoms with Crippen LogP contribution in [0.15, 0.2) is 48.5 Å². The van der Waals surface area contributed by atoms with Crippen molar-refractivity contribution in [1.29, 1.82) is 0 Å². The van der Waals surface area contributed by atoms with Crippen molar-refractivity contribution >= 4 is 29.2 Å². The minimum absolute atomic E-state index is 0.0476. The minimum atomic E-state index is -1.06. The molecule has 0 bridgehead atoms. The molecule has 2 aromatic carbocycles. The lowest BCUT2D eigenvalue weighted by Gasteiger charge is -2.25. The fraction of sp³-hybridized carbons (Fsp3) is 0.318. The number of benzene rings is 2. The molecule has 1 aliphatic heterocycles. The first kappa shape index (κ1) is 20.5. The summed E-state index contributed by atoms with van der Waals surface area (Å²) in [6.45, 7) is 2.26. The van der Waals surface area contributed by atoms with Crippen molar-refractivity contribution in [3.05, 3.63) is 59.7 Å². The van der Waals surface area contributed by atoms with E-state index in [-0.39, 0.29) is 23.8 Å². The predicted molar refractivity (Wildman–Crippen MR) is 111 cm³/mol. The Morgan fingerprint density at radius 1 is 0.862 bits per heavy atom. The van der Waals surface area contributed by atoms with Crippen LogP contribution < -0.4 is 10.6 Å². The Morgan fingerprint density at radius 3 is 2.21 bits per heavy atom. The number of carboxylic acid groups (broad SMARTS) is 1.